The molecular formula is C13H27NO2. The molecule has 1 rings (SSSR count). The van der Waals surface area contributed by atoms with Crippen molar-refractivity contribution in [3.63, 3.8) is 0 Å². The highest BCUT2D eigenvalue weighted by molar-refractivity contribution is 4.95. The van der Waals surface area contributed by atoms with Crippen LogP contribution in [-0.4, -0.2) is 39.5 Å². The predicted molar refractivity (Wildman–Crippen MR) is 66.7 cm³/mol. The van der Waals surface area contributed by atoms with Gasteiger partial charge in [-0.1, -0.05) is 0 Å². The zero-order valence-electron chi connectivity index (χ0n) is 11.3. The van der Waals surface area contributed by atoms with Crippen LogP contribution in [-0.2, 0) is 9.47 Å². The second kappa shape index (κ2) is 5.99. The van der Waals surface area contributed by atoms with Crippen LogP contribution in [0.3, 0.4) is 0 Å². The first-order valence-corrected chi connectivity index (χ1v) is 6.28. The minimum absolute atomic E-state index is 0.0299. The Hall–Kier alpha value is -0.120. The predicted octanol–water partition coefficient (Wildman–Crippen LogP) is 2.21. The monoisotopic (exact) mass is 229 g/mol. The summed E-state index contributed by atoms with van der Waals surface area (Å²) >= 11 is 0. The third-order valence-electron chi connectivity index (χ3n) is 3.75. The number of nitrogens with one attached hydrogen (secondary N) is 1. The maximum Gasteiger partial charge on any atom is 0.0623 e. The van der Waals surface area contributed by atoms with E-state index < -0.39 is 0 Å². The zero-order valence-corrected chi connectivity index (χ0v) is 11.3. The first-order chi connectivity index (χ1) is 7.54. The summed E-state index contributed by atoms with van der Waals surface area (Å²) in [6.07, 6.45) is 5.16. The van der Waals surface area contributed by atoms with Crippen molar-refractivity contribution in [1.82, 2.24) is 5.32 Å². The van der Waals surface area contributed by atoms with Crippen LogP contribution >= 0.6 is 0 Å². The molecule has 0 atom stereocenters. The second-order valence-corrected chi connectivity index (χ2v) is 5.63. The summed E-state index contributed by atoms with van der Waals surface area (Å²) in [5.74, 6) is 0. The van der Waals surface area contributed by atoms with E-state index in [9.17, 15) is 0 Å². The largest absolute Gasteiger partial charge is 0.383 e. The van der Waals surface area contributed by atoms with Gasteiger partial charge in [-0.15, -0.1) is 0 Å². The molecule has 96 valence electrons. The lowest BCUT2D eigenvalue weighted by molar-refractivity contribution is 0.00921. The molecule has 1 fully saturated rings. The third-order valence-corrected chi connectivity index (χ3v) is 3.75. The van der Waals surface area contributed by atoms with Crippen molar-refractivity contribution in [3.8, 4) is 0 Å². The summed E-state index contributed by atoms with van der Waals surface area (Å²) in [6, 6.07) is 0. The molecule has 1 aliphatic rings. The topological polar surface area (TPSA) is 30.5 Å². The molecule has 0 aromatic heterocycles. The molecule has 0 aromatic carbocycles. The number of ether oxygens (including phenoxy) is 2. The second-order valence-electron chi connectivity index (χ2n) is 5.63. The van der Waals surface area contributed by atoms with Crippen LogP contribution in [0.5, 0.6) is 0 Å². The van der Waals surface area contributed by atoms with Crippen LogP contribution in [0.4, 0.5) is 0 Å². The summed E-state index contributed by atoms with van der Waals surface area (Å²) in [7, 11) is 3.55. The summed E-state index contributed by atoms with van der Waals surface area (Å²) in [6.45, 7) is 7.24. The molecule has 0 saturated heterocycles. The maximum absolute atomic E-state index is 5.46. The lowest BCUT2D eigenvalue weighted by Crippen LogP contribution is -2.30. The van der Waals surface area contributed by atoms with Gasteiger partial charge < -0.3 is 14.8 Å². The fraction of sp³-hybridized carbons (Fsp3) is 1.00. The number of hydrogen-bond acceptors (Lipinski definition) is 3. The Bertz CT molecular complexity index is 200. The highest BCUT2D eigenvalue weighted by Crippen LogP contribution is 2.50. The van der Waals surface area contributed by atoms with E-state index >= 15 is 0 Å². The van der Waals surface area contributed by atoms with Gasteiger partial charge in [0.15, 0.2) is 0 Å². The van der Waals surface area contributed by atoms with Gasteiger partial charge >= 0.3 is 0 Å². The van der Waals surface area contributed by atoms with E-state index in [1.165, 1.54) is 19.3 Å². The quantitative estimate of drug-likeness (QED) is 0.615. The van der Waals surface area contributed by atoms with Gasteiger partial charge in [0.1, 0.15) is 0 Å². The molecule has 16 heavy (non-hydrogen) atoms. The first-order valence-electron chi connectivity index (χ1n) is 6.28. The third kappa shape index (κ3) is 4.81. The smallest absolute Gasteiger partial charge is 0.0623 e. The summed E-state index contributed by atoms with van der Waals surface area (Å²) < 4.78 is 10.5. The summed E-state index contributed by atoms with van der Waals surface area (Å²) in [5, 5.41) is 3.48. The van der Waals surface area contributed by atoms with Gasteiger partial charge in [0, 0.05) is 27.3 Å². The zero-order chi connectivity index (χ0) is 12.1. The molecule has 0 amide bonds. The lowest BCUT2D eigenvalue weighted by atomic mass is 9.92. The van der Waals surface area contributed by atoms with E-state index in [1.54, 1.807) is 14.2 Å². The van der Waals surface area contributed by atoms with Crippen LogP contribution in [0.15, 0.2) is 0 Å². The Morgan fingerprint density at radius 3 is 2.44 bits per heavy atom. The molecule has 1 saturated carbocycles. The molecule has 1 N–H and O–H groups in total. The highest BCUT2D eigenvalue weighted by atomic mass is 16.5. The summed E-state index contributed by atoms with van der Waals surface area (Å²) in [4.78, 5) is 0. The Labute approximate surface area is 99.9 Å². The van der Waals surface area contributed by atoms with Gasteiger partial charge in [-0.05, 0) is 44.9 Å². The normalized spacial score (nSPS) is 18.8. The molecule has 0 unspecified atom stereocenters. The molecule has 3 heteroatoms. The fourth-order valence-electron chi connectivity index (χ4n) is 1.89. The molecule has 0 aliphatic heterocycles. The minimum Gasteiger partial charge on any atom is -0.383 e. The van der Waals surface area contributed by atoms with Crippen molar-refractivity contribution in [2.75, 3.05) is 33.9 Å². The minimum atomic E-state index is 0.0299. The standard InChI is InChI=1S/C13H27NO2/c1-12(2,16-4)5-6-13(7-8-13)11-14-9-10-15-3/h14H,5-11H2,1-4H3. The van der Waals surface area contributed by atoms with Crippen LogP contribution < -0.4 is 5.32 Å². The van der Waals surface area contributed by atoms with Crippen molar-refractivity contribution >= 4 is 0 Å². The van der Waals surface area contributed by atoms with Gasteiger partial charge in [-0.3, -0.25) is 0 Å². The van der Waals surface area contributed by atoms with Crippen LogP contribution in [0.1, 0.15) is 39.5 Å². The Balaban J connectivity index is 2.15. The van der Waals surface area contributed by atoms with Gasteiger partial charge in [0.25, 0.3) is 0 Å². The average molecular weight is 229 g/mol. The van der Waals surface area contributed by atoms with Crippen LogP contribution in [0, 0.1) is 5.41 Å². The van der Waals surface area contributed by atoms with Crippen molar-refractivity contribution in [1.29, 1.82) is 0 Å². The maximum atomic E-state index is 5.46. The molecular weight excluding hydrogens is 202 g/mol. The van der Waals surface area contributed by atoms with E-state index in [2.05, 4.69) is 19.2 Å². The number of rotatable bonds is 9. The van der Waals surface area contributed by atoms with Gasteiger partial charge in [0.05, 0.1) is 12.2 Å². The van der Waals surface area contributed by atoms with E-state index in [0.717, 1.165) is 26.1 Å². The van der Waals surface area contributed by atoms with Crippen molar-refractivity contribution in [3.05, 3.63) is 0 Å². The van der Waals surface area contributed by atoms with E-state index in [1.807, 2.05) is 0 Å². The average Bonchev–Trinajstić information content (AvgIpc) is 3.03. The van der Waals surface area contributed by atoms with Crippen LogP contribution in [0.25, 0.3) is 0 Å². The Kier molecular flexibility index (Phi) is 5.22. The molecule has 0 radical (unpaired) electrons. The number of hydrogen-bond donors (Lipinski definition) is 1. The van der Waals surface area contributed by atoms with E-state index in [4.69, 9.17) is 9.47 Å². The molecule has 3 nitrogen and oxygen atoms in total. The SMILES string of the molecule is COCCNCC1(CCC(C)(C)OC)CC1. The molecule has 0 spiro atoms. The van der Waals surface area contributed by atoms with E-state index in [-0.39, 0.29) is 5.60 Å². The van der Waals surface area contributed by atoms with Gasteiger partial charge in [-0.2, -0.15) is 0 Å². The Morgan fingerprint density at radius 1 is 1.25 bits per heavy atom. The molecule has 1 aliphatic carbocycles. The van der Waals surface area contributed by atoms with Crippen molar-refractivity contribution in [2.45, 2.75) is 45.1 Å². The van der Waals surface area contributed by atoms with Crippen LogP contribution in [0.2, 0.25) is 0 Å². The van der Waals surface area contributed by atoms with Crippen molar-refractivity contribution in [2.24, 2.45) is 5.41 Å². The van der Waals surface area contributed by atoms with Gasteiger partial charge in [0.2, 0.25) is 0 Å². The lowest BCUT2D eigenvalue weighted by Gasteiger charge is -2.26. The number of methoxy groups -OCH3 is 2. The van der Waals surface area contributed by atoms with Crippen molar-refractivity contribution < 1.29 is 9.47 Å². The molecule has 0 aromatic rings. The van der Waals surface area contributed by atoms with E-state index in [0.29, 0.717) is 5.41 Å². The molecule has 0 bridgehead atoms. The Morgan fingerprint density at radius 2 is 1.94 bits per heavy atom. The molecule has 0 heterocycles. The van der Waals surface area contributed by atoms with Gasteiger partial charge in [-0.25, -0.2) is 0 Å². The highest BCUT2D eigenvalue weighted by Gasteiger charge is 2.42. The first kappa shape index (κ1) is 13.9. The summed E-state index contributed by atoms with van der Waals surface area (Å²) in [5.41, 5.74) is 0.589. The fourth-order valence-corrected chi connectivity index (χ4v) is 1.89.